The van der Waals surface area contributed by atoms with Crippen LogP contribution in [0.15, 0.2) is 24.3 Å². The second kappa shape index (κ2) is 9.18. The van der Waals surface area contributed by atoms with Gasteiger partial charge >= 0.3 is 0 Å². The van der Waals surface area contributed by atoms with E-state index in [9.17, 15) is 4.79 Å². The van der Waals surface area contributed by atoms with Gasteiger partial charge in [0, 0.05) is 36.7 Å². The topological polar surface area (TPSA) is 56.4 Å². The Hall–Kier alpha value is -1.14. The zero-order valence-electron chi connectivity index (χ0n) is 15.8. The summed E-state index contributed by atoms with van der Waals surface area (Å²) in [6.45, 7) is 7.41. The third-order valence-electron chi connectivity index (χ3n) is 5.31. The van der Waals surface area contributed by atoms with Crippen LogP contribution in [0.1, 0.15) is 45.1 Å². The van der Waals surface area contributed by atoms with Crippen LogP contribution in [0.2, 0.25) is 5.02 Å². The second-order valence-corrected chi connectivity index (χ2v) is 8.53. The first kappa shape index (κ1) is 19.6. The molecule has 0 spiro atoms. The highest BCUT2D eigenvalue weighted by Gasteiger charge is 2.31. The molecule has 0 aromatic heterocycles. The Labute approximate surface area is 161 Å². The van der Waals surface area contributed by atoms with Crippen LogP contribution < -0.4 is 16.2 Å². The molecule has 0 aliphatic carbocycles. The maximum absolute atomic E-state index is 12.5. The maximum atomic E-state index is 12.5. The van der Waals surface area contributed by atoms with E-state index in [4.69, 9.17) is 11.6 Å². The molecule has 3 rings (SSSR count). The number of nitrogens with one attached hydrogen (secondary N) is 3. The van der Waals surface area contributed by atoms with Crippen LogP contribution in [0, 0.1) is 5.92 Å². The highest BCUT2D eigenvalue weighted by Crippen LogP contribution is 2.17. The Kier molecular flexibility index (Phi) is 6.92. The number of benzene rings is 1. The molecular weight excluding hydrogens is 348 g/mol. The van der Waals surface area contributed by atoms with Gasteiger partial charge in [-0.3, -0.25) is 15.1 Å². The zero-order chi connectivity index (χ0) is 18.5. The number of halogens is 1. The summed E-state index contributed by atoms with van der Waals surface area (Å²) in [5.41, 5.74) is 7.72. The quantitative estimate of drug-likeness (QED) is 0.712. The van der Waals surface area contributed by atoms with Gasteiger partial charge in [-0.15, -0.1) is 0 Å². The van der Waals surface area contributed by atoms with Gasteiger partial charge in [0.15, 0.2) is 0 Å². The first-order valence-electron chi connectivity index (χ1n) is 9.78. The monoisotopic (exact) mass is 378 g/mol. The molecule has 5 nitrogen and oxygen atoms in total. The summed E-state index contributed by atoms with van der Waals surface area (Å²) in [5, 5.41) is 4.02. The molecule has 1 aromatic carbocycles. The Morgan fingerprint density at radius 3 is 2.58 bits per heavy atom. The minimum absolute atomic E-state index is 0.106. The van der Waals surface area contributed by atoms with Gasteiger partial charge in [-0.1, -0.05) is 37.6 Å². The minimum atomic E-state index is -0.106. The molecule has 2 saturated heterocycles. The normalized spacial score (nSPS) is 24.9. The summed E-state index contributed by atoms with van der Waals surface area (Å²) in [6, 6.07) is 8.64. The Balaban J connectivity index is 1.38. The van der Waals surface area contributed by atoms with E-state index >= 15 is 0 Å². The van der Waals surface area contributed by atoms with Crippen molar-refractivity contribution in [3.05, 3.63) is 34.9 Å². The minimum Gasteiger partial charge on any atom is -0.352 e. The average molecular weight is 379 g/mol. The molecule has 2 aliphatic rings. The Morgan fingerprint density at radius 2 is 1.92 bits per heavy atom. The predicted molar refractivity (Wildman–Crippen MR) is 106 cm³/mol. The number of nitrogens with zero attached hydrogens (tertiary/aromatic N) is 1. The molecule has 2 fully saturated rings. The fourth-order valence-electron chi connectivity index (χ4n) is 3.90. The van der Waals surface area contributed by atoms with E-state index in [1.54, 1.807) is 0 Å². The molecule has 1 amide bonds. The van der Waals surface area contributed by atoms with Crippen LogP contribution in [0.25, 0.3) is 0 Å². The van der Waals surface area contributed by atoms with Gasteiger partial charge in [-0.25, -0.2) is 5.43 Å². The van der Waals surface area contributed by atoms with Crippen molar-refractivity contribution in [2.75, 3.05) is 13.1 Å². The van der Waals surface area contributed by atoms with Crippen LogP contribution in [-0.4, -0.2) is 42.0 Å². The number of amides is 1. The summed E-state index contributed by atoms with van der Waals surface area (Å²) in [5.74, 6) is 0.779. The van der Waals surface area contributed by atoms with Crippen LogP contribution >= 0.6 is 11.6 Å². The van der Waals surface area contributed by atoms with Gasteiger partial charge in [0.25, 0.3) is 0 Å². The number of piperidine rings is 1. The van der Waals surface area contributed by atoms with Crippen molar-refractivity contribution < 1.29 is 4.79 Å². The van der Waals surface area contributed by atoms with Crippen molar-refractivity contribution in [2.24, 2.45) is 5.92 Å². The molecule has 2 aliphatic heterocycles. The fraction of sp³-hybridized carbons (Fsp3) is 0.650. The van der Waals surface area contributed by atoms with Crippen molar-refractivity contribution in [1.82, 2.24) is 21.1 Å². The molecule has 26 heavy (non-hydrogen) atoms. The average Bonchev–Trinajstić information content (AvgIpc) is 3.06. The first-order chi connectivity index (χ1) is 12.5. The van der Waals surface area contributed by atoms with E-state index in [0.29, 0.717) is 12.0 Å². The molecule has 144 valence electrons. The lowest BCUT2D eigenvalue weighted by atomic mass is 9.99. The second-order valence-electron chi connectivity index (χ2n) is 8.09. The fourth-order valence-corrected chi connectivity index (χ4v) is 4.03. The third kappa shape index (κ3) is 5.68. The first-order valence-corrected chi connectivity index (χ1v) is 10.2. The van der Waals surface area contributed by atoms with E-state index in [1.165, 1.54) is 5.56 Å². The van der Waals surface area contributed by atoms with Crippen LogP contribution in [0.4, 0.5) is 0 Å². The molecule has 3 N–H and O–H groups in total. The number of carbonyl (C=O) groups is 1. The van der Waals surface area contributed by atoms with Crippen molar-refractivity contribution in [2.45, 2.75) is 64.2 Å². The smallest absolute Gasteiger partial charge is 0.238 e. The van der Waals surface area contributed by atoms with Gasteiger partial charge in [0.05, 0.1) is 0 Å². The SMILES string of the molecule is CC(C)CC1CC(C(=O)NC2CCN(Cc3ccc(Cl)cc3)CC2)NN1. The summed E-state index contributed by atoms with van der Waals surface area (Å²) in [7, 11) is 0. The van der Waals surface area contributed by atoms with Crippen molar-refractivity contribution in [3.8, 4) is 0 Å². The van der Waals surface area contributed by atoms with Crippen LogP contribution in [0.3, 0.4) is 0 Å². The maximum Gasteiger partial charge on any atom is 0.238 e. The summed E-state index contributed by atoms with van der Waals surface area (Å²) in [6.07, 6.45) is 3.99. The zero-order valence-corrected chi connectivity index (χ0v) is 16.6. The number of hydrazine groups is 1. The lowest BCUT2D eigenvalue weighted by molar-refractivity contribution is -0.123. The third-order valence-corrected chi connectivity index (χ3v) is 5.56. The molecule has 1 aromatic rings. The Bertz CT molecular complexity index is 584. The molecule has 6 heteroatoms. The predicted octanol–water partition coefficient (Wildman–Crippen LogP) is 2.70. The highest BCUT2D eigenvalue weighted by molar-refractivity contribution is 6.30. The number of carbonyl (C=O) groups excluding carboxylic acids is 1. The van der Waals surface area contributed by atoms with Gasteiger partial charge in [-0.05, 0) is 49.3 Å². The number of hydrogen-bond donors (Lipinski definition) is 3. The van der Waals surface area contributed by atoms with E-state index in [-0.39, 0.29) is 18.0 Å². The van der Waals surface area contributed by atoms with Gasteiger partial charge in [-0.2, -0.15) is 0 Å². The summed E-state index contributed by atoms with van der Waals surface area (Å²) < 4.78 is 0. The number of hydrogen-bond acceptors (Lipinski definition) is 4. The molecule has 0 bridgehead atoms. The van der Waals surface area contributed by atoms with Crippen molar-refractivity contribution >= 4 is 17.5 Å². The van der Waals surface area contributed by atoms with E-state index in [1.807, 2.05) is 12.1 Å². The number of rotatable bonds is 6. The van der Waals surface area contributed by atoms with E-state index in [2.05, 4.69) is 47.0 Å². The van der Waals surface area contributed by atoms with Gasteiger partial charge in [0.2, 0.25) is 5.91 Å². The molecule has 2 unspecified atom stereocenters. The van der Waals surface area contributed by atoms with E-state index in [0.717, 1.165) is 50.3 Å². The molecule has 2 atom stereocenters. The van der Waals surface area contributed by atoms with Gasteiger partial charge in [0.1, 0.15) is 6.04 Å². The molecule has 0 saturated carbocycles. The summed E-state index contributed by atoms with van der Waals surface area (Å²) in [4.78, 5) is 15.0. The summed E-state index contributed by atoms with van der Waals surface area (Å²) >= 11 is 5.95. The number of likely N-dealkylation sites (tertiary alicyclic amines) is 1. The van der Waals surface area contributed by atoms with Crippen LogP contribution in [-0.2, 0) is 11.3 Å². The lowest BCUT2D eigenvalue weighted by Gasteiger charge is -2.32. The lowest BCUT2D eigenvalue weighted by Crippen LogP contribution is -2.50. The molecule has 2 heterocycles. The van der Waals surface area contributed by atoms with E-state index < -0.39 is 0 Å². The van der Waals surface area contributed by atoms with Crippen molar-refractivity contribution in [3.63, 3.8) is 0 Å². The van der Waals surface area contributed by atoms with Gasteiger partial charge < -0.3 is 5.32 Å². The highest BCUT2D eigenvalue weighted by atomic mass is 35.5. The standard InChI is InChI=1S/C20H31ClN4O/c1-14(2)11-18-12-19(24-23-18)20(26)22-17-7-9-25(10-8-17)13-15-3-5-16(21)6-4-15/h3-6,14,17-19,23-24H,7-13H2,1-2H3,(H,22,26). The van der Waals surface area contributed by atoms with Crippen LogP contribution in [0.5, 0.6) is 0 Å². The molecular formula is C20H31ClN4O. The Morgan fingerprint density at radius 1 is 1.23 bits per heavy atom. The van der Waals surface area contributed by atoms with Crippen molar-refractivity contribution in [1.29, 1.82) is 0 Å². The largest absolute Gasteiger partial charge is 0.352 e. The molecule has 0 radical (unpaired) electrons.